The van der Waals surface area contributed by atoms with E-state index >= 15 is 0 Å². The third-order valence-corrected chi connectivity index (χ3v) is 5.23. The van der Waals surface area contributed by atoms with Gasteiger partial charge in [0, 0.05) is 24.7 Å². The predicted octanol–water partition coefficient (Wildman–Crippen LogP) is 2.92. The molecule has 0 aliphatic carbocycles. The van der Waals surface area contributed by atoms with E-state index in [1.54, 1.807) is 36.2 Å². The van der Waals surface area contributed by atoms with E-state index in [1.165, 1.54) is 25.3 Å². The number of carbonyl (C=O) groups is 1. The van der Waals surface area contributed by atoms with Gasteiger partial charge in [-0.25, -0.2) is 13.1 Å². The molecule has 132 valence electrons. The largest absolute Gasteiger partial charge is 0.338 e. The zero-order valence-electron chi connectivity index (χ0n) is 13.9. The van der Waals surface area contributed by atoms with Gasteiger partial charge in [0.05, 0.1) is 4.90 Å². The summed E-state index contributed by atoms with van der Waals surface area (Å²) in [4.78, 5) is 13.9. The van der Waals surface area contributed by atoms with Crippen LogP contribution in [0.1, 0.15) is 11.1 Å². The molecule has 1 N–H and O–H groups in total. The Hall–Kier alpha value is -2.15. The minimum absolute atomic E-state index is 0.160. The minimum Gasteiger partial charge on any atom is -0.338 e. The molecule has 0 atom stereocenters. The summed E-state index contributed by atoms with van der Waals surface area (Å²) in [6.45, 7) is 0.448. The number of nitrogens with one attached hydrogen (secondary N) is 1. The summed E-state index contributed by atoms with van der Waals surface area (Å²) in [5, 5.41) is 0.630. The van der Waals surface area contributed by atoms with Crippen molar-refractivity contribution >= 4 is 33.6 Å². The van der Waals surface area contributed by atoms with Crippen LogP contribution in [0.4, 0.5) is 0 Å². The Morgan fingerprint density at radius 2 is 1.88 bits per heavy atom. The van der Waals surface area contributed by atoms with E-state index in [0.29, 0.717) is 11.6 Å². The molecule has 5 nitrogen and oxygen atoms in total. The maximum atomic E-state index is 12.2. The van der Waals surface area contributed by atoms with Crippen molar-refractivity contribution in [2.24, 2.45) is 0 Å². The lowest BCUT2D eigenvalue weighted by molar-refractivity contribution is -0.125. The van der Waals surface area contributed by atoms with Crippen molar-refractivity contribution in [1.29, 1.82) is 0 Å². The SMILES string of the molecule is CNS(=O)(=O)c1ccc(/C=C/C(=O)N(C)Cc2cccc(Cl)c2)cc1. The number of halogens is 1. The van der Waals surface area contributed by atoms with Crippen molar-refractivity contribution < 1.29 is 13.2 Å². The molecule has 2 aromatic carbocycles. The van der Waals surface area contributed by atoms with Crippen molar-refractivity contribution in [2.75, 3.05) is 14.1 Å². The molecule has 0 fully saturated rings. The van der Waals surface area contributed by atoms with Crippen LogP contribution in [0.25, 0.3) is 6.08 Å². The number of carbonyl (C=O) groups excluding carboxylic acids is 1. The monoisotopic (exact) mass is 378 g/mol. The fourth-order valence-corrected chi connectivity index (χ4v) is 3.10. The van der Waals surface area contributed by atoms with E-state index in [0.717, 1.165) is 11.1 Å². The number of amides is 1. The summed E-state index contributed by atoms with van der Waals surface area (Å²) < 4.78 is 25.6. The number of nitrogens with zero attached hydrogens (tertiary/aromatic N) is 1. The number of rotatable bonds is 6. The standard InChI is InChI=1S/C18H19ClN2O3S/c1-20-25(23,24)17-9-6-14(7-10-17)8-11-18(22)21(2)13-15-4-3-5-16(19)12-15/h3-12,20H,13H2,1-2H3/b11-8+. The second-order valence-electron chi connectivity index (χ2n) is 5.43. The predicted molar refractivity (Wildman–Crippen MR) is 99.6 cm³/mol. The highest BCUT2D eigenvalue weighted by Gasteiger charge is 2.10. The summed E-state index contributed by atoms with van der Waals surface area (Å²) in [6, 6.07) is 13.6. The third-order valence-electron chi connectivity index (χ3n) is 3.56. The molecule has 0 bridgehead atoms. The van der Waals surface area contributed by atoms with Crippen LogP contribution in [0.2, 0.25) is 5.02 Å². The number of hydrogen-bond acceptors (Lipinski definition) is 3. The lowest BCUT2D eigenvalue weighted by Crippen LogP contribution is -2.24. The number of likely N-dealkylation sites (N-methyl/N-ethyl adjacent to an activating group) is 1. The molecule has 0 unspecified atom stereocenters. The van der Waals surface area contributed by atoms with Crippen LogP contribution in [0.3, 0.4) is 0 Å². The van der Waals surface area contributed by atoms with E-state index in [9.17, 15) is 13.2 Å². The second kappa shape index (κ2) is 8.29. The van der Waals surface area contributed by atoms with Crippen molar-refractivity contribution in [1.82, 2.24) is 9.62 Å². The highest BCUT2D eigenvalue weighted by Crippen LogP contribution is 2.13. The minimum atomic E-state index is -3.46. The molecule has 7 heteroatoms. The fourth-order valence-electron chi connectivity index (χ4n) is 2.16. The molecule has 0 heterocycles. The summed E-state index contributed by atoms with van der Waals surface area (Å²) in [5.41, 5.74) is 1.68. The third kappa shape index (κ3) is 5.42. The molecule has 2 rings (SSSR count). The van der Waals surface area contributed by atoms with Gasteiger partial charge in [-0.1, -0.05) is 35.9 Å². The number of hydrogen-bond donors (Lipinski definition) is 1. The Balaban J connectivity index is 2.02. The van der Waals surface area contributed by atoms with Crippen molar-refractivity contribution in [3.8, 4) is 0 Å². The average molecular weight is 379 g/mol. The van der Waals surface area contributed by atoms with Gasteiger partial charge in [-0.05, 0) is 48.5 Å². The van der Waals surface area contributed by atoms with E-state index < -0.39 is 10.0 Å². The van der Waals surface area contributed by atoms with Crippen LogP contribution in [0.5, 0.6) is 0 Å². The summed E-state index contributed by atoms with van der Waals surface area (Å²) in [7, 11) is -0.395. The van der Waals surface area contributed by atoms with Crippen LogP contribution in [-0.2, 0) is 21.4 Å². The quantitative estimate of drug-likeness (QED) is 0.786. The molecule has 1 amide bonds. The van der Waals surface area contributed by atoms with Gasteiger partial charge in [0.1, 0.15) is 0 Å². The lowest BCUT2D eigenvalue weighted by Gasteiger charge is -2.15. The molecule has 0 spiro atoms. The molecule has 0 aliphatic heterocycles. The van der Waals surface area contributed by atoms with Crippen molar-refractivity contribution in [2.45, 2.75) is 11.4 Å². The van der Waals surface area contributed by atoms with Gasteiger partial charge in [0.2, 0.25) is 15.9 Å². The average Bonchev–Trinajstić information content (AvgIpc) is 2.60. The zero-order chi connectivity index (χ0) is 18.4. The molecule has 0 radical (unpaired) electrons. The van der Waals surface area contributed by atoms with Gasteiger partial charge in [-0.3, -0.25) is 4.79 Å². The molecule has 0 aliphatic rings. The normalized spacial score (nSPS) is 11.6. The van der Waals surface area contributed by atoms with Crippen LogP contribution < -0.4 is 4.72 Å². The van der Waals surface area contributed by atoms with Gasteiger partial charge in [-0.2, -0.15) is 0 Å². The molecular formula is C18H19ClN2O3S. The summed E-state index contributed by atoms with van der Waals surface area (Å²) in [6.07, 6.45) is 3.10. The Kier molecular flexibility index (Phi) is 6.36. The van der Waals surface area contributed by atoms with Crippen LogP contribution in [0, 0.1) is 0 Å². The molecule has 0 saturated carbocycles. The highest BCUT2D eigenvalue weighted by atomic mass is 35.5. The summed E-state index contributed by atoms with van der Waals surface area (Å²) in [5.74, 6) is -0.160. The Morgan fingerprint density at radius 3 is 2.48 bits per heavy atom. The molecule has 25 heavy (non-hydrogen) atoms. The second-order valence-corrected chi connectivity index (χ2v) is 7.76. The maximum Gasteiger partial charge on any atom is 0.246 e. The molecule has 0 saturated heterocycles. The summed E-state index contributed by atoms with van der Waals surface area (Å²) >= 11 is 5.94. The van der Waals surface area contributed by atoms with E-state index in [-0.39, 0.29) is 10.8 Å². The molecule has 0 aromatic heterocycles. The van der Waals surface area contributed by atoms with E-state index in [2.05, 4.69) is 4.72 Å². The topological polar surface area (TPSA) is 66.5 Å². The Bertz CT molecular complexity index is 877. The fraction of sp³-hybridized carbons (Fsp3) is 0.167. The van der Waals surface area contributed by atoms with Gasteiger partial charge in [-0.15, -0.1) is 0 Å². The van der Waals surface area contributed by atoms with Gasteiger partial charge in [0.15, 0.2) is 0 Å². The lowest BCUT2D eigenvalue weighted by atomic mass is 10.2. The van der Waals surface area contributed by atoms with Gasteiger partial charge in [0.25, 0.3) is 0 Å². The maximum absolute atomic E-state index is 12.2. The number of benzene rings is 2. The molecular weight excluding hydrogens is 360 g/mol. The van der Waals surface area contributed by atoms with Gasteiger partial charge < -0.3 is 4.90 Å². The smallest absolute Gasteiger partial charge is 0.246 e. The van der Waals surface area contributed by atoms with E-state index in [4.69, 9.17) is 11.6 Å². The zero-order valence-corrected chi connectivity index (χ0v) is 15.5. The van der Waals surface area contributed by atoms with Crippen molar-refractivity contribution in [3.63, 3.8) is 0 Å². The first kappa shape index (κ1) is 19.2. The first-order valence-electron chi connectivity index (χ1n) is 7.53. The number of sulfonamides is 1. The first-order valence-corrected chi connectivity index (χ1v) is 9.39. The van der Waals surface area contributed by atoms with Crippen molar-refractivity contribution in [3.05, 3.63) is 70.8 Å². The Labute approximate surface area is 153 Å². The highest BCUT2D eigenvalue weighted by molar-refractivity contribution is 7.89. The van der Waals surface area contributed by atoms with E-state index in [1.807, 2.05) is 18.2 Å². The van der Waals surface area contributed by atoms with Crippen LogP contribution >= 0.6 is 11.6 Å². The first-order chi connectivity index (χ1) is 11.8. The van der Waals surface area contributed by atoms with Crippen LogP contribution in [0.15, 0.2) is 59.5 Å². The van der Waals surface area contributed by atoms with Gasteiger partial charge >= 0.3 is 0 Å². The molecule has 2 aromatic rings. The Morgan fingerprint density at radius 1 is 1.20 bits per heavy atom. The van der Waals surface area contributed by atoms with Crippen LogP contribution in [-0.4, -0.2) is 33.3 Å².